The molecule has 0 saturated carbocycles. The van der Waals surface area contributed by atoms with E-state index in [-0.39, 0.29) is 11.5 Å². The van der Waals surface area contributed by atoms with Crippen LogP contribution in [0.1, 0.15) is 44.2 Å². The average Bonchev–Trinajstić information content (AvgIpc) is 2.65. The quantitative estimate of drug-likeness (QED) is 0.438. The standard InChI is InChI=1S/C23H24O5/c1-15(20-21(24)27-23(2,3)28-22(20)25)13-19(16-9-6-5-7-10-16)17-11-8-12-18(14-17)26-4/h5-12,14,19H,13H2,1-4H3/t19-/m0/s1. The van der Waals surface area contributed by atoms with Gasteiger partial charge in [0.25, 0.3) is 5.79 Å². The smallest absolute Gasteiger partial charge is 0.348 e. The first-order valence-corrected chi connectivity index (χ1v) is 9.16. The van der Waals surface area contributed by atoms with Crippen LogP contribution in [0.15, 0.2) is 65.7 Å². The summed E-state index contributed by atoms with van der Waals surface area (Å²) in [7, 11) is 1.62. The normalized spacial score (nSPS) is 16.8. The van der Waals surface area contributed by atoms with Crippen molar-refractivity contribution < 1.29 is 23.8 Å². The molecule has 146 valence electrons. The van der Waals surface area contributed by atoms with Crippen molar-refractivity contribution in [3.8, 4) is 5.75 Å². The van der Waals surface area contributed by atoms with Crippen LogP contribution in [0.5, 0.6) is 5.75 Å². The molecule has 1 heterocycles. The lowest BCUT2D eigenvalue weighted by molar-refractivity contribution is -0.222. The van der Waals surface area contributed by atoms with E-state index in [1.807, 2.05) is 54.6 Å². The zero-order valence-electron chi connectivity index (χ0n) is 16.5. The SMILES string of the molecule is COc1cccc([C@@H](CC(C)=C2C(=O)OC(C)(C)OC2=O)c2ccccc2)c1. The first-order valence-electron chi connectivity index (χ1n) is 9.16. The number of benzene rings is 2. The van der Waals surface area contributed by atoms with Crippen molar-refractivity contribution in [3.05, 3.63) is 76.9 Å². The van der Waals surface area contributed by atoms with Crippen molar-refractivity contribution in [1.29, 1.82) is 0 Å². The van der Waals surface area contributed by atoms with E-state index in [4.69, 9.17) is 14.2 Å². The van der Waals surface area contributed by atoms with Gasteiger partial charge in [0.1, 0.15) is 11.3 Å². The Hall–Kier alpha value is -3.08. The van der Waals surface area contributed by atoms with Gasteiger partial charge in [-0.1, -0.05) is 48.0 Å². The second-order valence-electron chi connectivity index (χ2n) is 7.28. The van der Waals surface area contributed by atoms with Gasteiger partial charge in [-0.25, -0.2) is 9.59 Å². The summed E-state index contributed by atoms with van der Waals surface area (Å²) >= 11 is 0. The maximum Gasteiger partial charge on any atom is 0.348 e. The lowest BCUT2D eigenvalue weighted by Gasteiger charge is -2.31. The first-order chi connectivity index (χ1) is 13.3. The van der Waals surface area contributed by atoms with Crippen molar-refractivity contribution in [2.24, 2.45) is 0 Å². The minimum Gasteiger partial charge on any atom is -0.497 e. The number of hydrogen-bond donors (Lipinski definition) is 0. The van der Waals surface area contributed by atoms with Crippen molar-refractivity contribution >= 4 is 11.9 Å². The Morgan fingerprint density at radius 2 is 1.57 bits per heavy atom. The van der Waals surface area contributed by atoms with Gasteiger partial charge in [0.2, 0.25) is 0 Å². The zero-order chi connectivity index (χ0) is 20.3. The molecule has 0 bridgehead atoms. The second-order valence-corrected chi connectivity index (χ2v) is 7.28. The molecule has 0 aromatic heterocycles. The van der Waals surface area contributed by atoms with E-state index >= 15 is 0 Å². The third kappa shape index (κ3) is 4.25. The van der Waals surface area contributed by atoms with Gasteiger partial charge >= 0.3 is 11.9 Å². The molecule has 1 saturated heterocycles. The summed E-state index contributed by atoms with van der Waals surface area (Å²) in [5.41, 5.74) is 2.71. The summed E-state index contributed by atoms with van der Waals surface area (Å²) in [5.74, 6) is -1.84. The van der Waals surface area contributed by atoms with Crippen molar-refractivity contribution in [2.75, 3.05) is 7.11 Å². The molecule has 1 aliphatic heterocycles. The van der Waals surface area contributed by atoms with Crippen molar-refractivity contribution in [1.82, 2.24) is 0 Å². The van der Waals surface area contributed by atoms with Gasteiger partial charge in [-0.3, -0.25) is 0 Å². The van der Waals surface area contributed by atoms with Crippen LogP contribution in [-0.4, -0.2) is 24.8 Å². The fraction of sp³-hybridized carbons (Fsp3) is 0.304. The summed E-state index contributed by atoms with van der Waals surface area (Å²) in [6.07, 6.45) is 0.469. The highest BCUT2D eigenvalue weighted by Crippen LogP contribution is 2.35. The third-order valence-electron chi connectivity index (χ3n) is 4.72. The van der Waals surface area contributed by atoms with E-state index in [0.717, 1.165) is 16.9 Å². The van der Waals surface area contributed by atoms with Crippen LogP contribution < -0.4 is 4.74 Å². The van der Waals surface area contributed by atoms with Gasteiger partial charge < -0.3 is 14.2 Å². The molecule has 28 heavy (non-hydrogen) atoms. The maximum absolute atomic E-state index is 12.4. The largest absolute Gasteiger partial charge is 0.497 e. The molecule has 5 heteroatoms. The number of hydrogen-bond acceptors (Lipinski definition) is 5. The summed E-state index contributed by atoms with van der Waals surface area (Å²) in [5, 5.41) is 0. The minimum atomic E-state index is -1.25. The predicted molar refractivity (Wildman–Crippen MR) is 105 cm³/mol. The molecule has 2 aromatic carbocycles. The number of esters is 2. The molecule has 0 spiro atoms. The summed E-state index contributed by atoms with van der Waals surface area (Å²) in [6, 6.07) is 17.7. The number of rotatable bonds is 5. The second kappa shape index (κ2) is 7.89. The maximum atomic E-state index is 12.4. The molecule has 1 atom stereocenters. The van der Waals surface area contributed by atoms with Crippen molar-refractivity contribution in [3.63, 3.8) is 0 Å². The fourth-order valence-electron chi connectivity index (χ4n) is 3.38. The summed E-state index contributed by atoms with van der Waals surface area (Å²) < 4.78 is 15.9. The molecule has 1 aliphatic rings. The minimum absolute atomic E-state index is 0.0249. The van der Waals surface area contributed by atoms with Crippen LogP contribution in [0.3, 0.4) is 0 Å². The Morgan fingerprint density at radius 1 is 0.964 bits per heavy atom. The number of cyclic esters (lactones) is 2. The number of carbonyl (C=O) groups is 2. The van der Waals surface area contributed by atoms with Gasteiger partial charge in [0, 0.05) is 19.8 Å². The molecule has 3 rings (SSSR count). The van der Waals surface area contributed by atoms with E-state index in [0.29, 0.717) is 12.0 Å². The molecule has 0 aliphatic carbocycles. The zero-order valence-corrected chi connectivity index (χ0v) is 16.5. The lowest BCUT2D eigenvalue weighted by atomic mass is 9.85. The highest BCUT2D eigenvalue weighted by molar-refractivity contribution is 6.16. The monoisotopic (exact) mass is 380 g/mol. The van der Waals surface area contributed by atoms with E-state index in [1.54, 1.807) is 14.0 Å². The Balaban J connectivity index is 2.00. The van der Waals surface area contributed by atoms with Crippen LogP contribution in [0, 0.1) is 0 Å². The Labute approximate surface area is 164 Å². The summed E-state index contributed by atoms with van der Waals surface area (Å²) in [4.78, 5) is 24.8. The van der Waals surface area contributed by atoms with Crippen LogP contribution in [0.4, 0.5) is 0 Å². The average molecular weight is 380 g/mol. The van der Waals surface area contributed by atoms with Gasteiger partial charge in [-0.2, -0.15) is 0 Å². The number of carbonyl (C=O) groups excluding carboxylic acids is 2. The number of allylic oxidation sites excluding steroid dienone is 1. The first kappa shape index (κ1) is 19.7. The molecule has 0 radical (unpaired) electrons. The molecule has 0 unspecified atom stereocenters. The van der Waals surface area contributed by atoms with Crippen LogP contribution >= 0.6 is 0 Å². The van der Waals surface area contributed by atoms with Crippen molar-refractivity contribution in [2.45, 2.75) is 38.9 Å². The van der Waals surface area contributed by atoms with E-state index in [9.17, 15) is 9.59 Å². The highest BCUT2D eigenvalue weighted by Gasteiger charge is 2.40. The molecular weight excluding hydrogens is 356 g/mol. The Bertz CT molecular complexity index is 890. The third-order valence-corrected chi connectivity index (χ3v) is 4.72. The van der Waals surface area contributed by atoms with Gasteiger partial charge in [0.05, 0.1) is 7.11 Å². The molecule has 0 amide bonds. The molecule has 5 nitrogen and oxygen atoms in total. The highest BCUT2D eigenvalue weighted by atomic mass is 16.7. The molecule has 2 aromatic rings. The topological polar surface area (TPSA) is 61.8 Å². The lowest BCUT2D eigenvalue weighted by Crippen LogP contribution is -2.42. The predicted octanol–water partition coefficient (Wildman–Crippen LogP) is 4.37. The van der Waals surface area contributed by atoms with Gasteiger partial charge in [0.15, 0.2) is 0 Å². The van der Waals surface area contributed by atoms with Crippen LogP contribution in [-0.2, 0) is 19.1 Å². The fourth-order valence-corrected chi connectivity index (χ4v) is 3.38. The van der Waals surface area contributed by atoms with Gasteiger partial charge in [-0.05, 0) is 36.6 Å². The summed E-state index contributed by atoms with van der Waals surface area (Å²) in [6.45, 7) is 4.85. The van der Waals surface area contributed by atoms with Crippen LogP contribution in [0.25, 0.3) is 0 Å². The molecule has 1 fully saturated rings. The van der Waals surface area contributed by atoms with Gasteiger partial charge in [-0.15, -0.1) is 0 Å². The number of ether oxygens (including phenoxy) is 3. The van der Waals surface area contributed by atoms with Crippen LogP contribution in [0.2, 0.25) is 0 Å². The van der Waals surface area contributed by atoms with E-state index in [1.165, 1.54) is 13.8 Å². The molecule has 0 N–H and O–H groups in total. The Morgan fingerprint density at radius 3 is 2.18 bits per heavy atom. The number of methoxy groups -OCH3 is 1. The van der Waals surface area contributed by atoms with E-state index < -0.39 is 17.7 Å². The molecular formula is C23H24O5. The Kier molecular flexibility index (Phi) is 5.54. The van der Waals surface area contributed by atoms with E-state index in [2.05, 4.69) is 0 Å².